The van der Waals surface area contributed by atoms with Gasteiger partial charge in [0.1, 0.15) is 11.5 Å². The molecule has 18 heavy (non-hydrogen) atoms. The highest BCUT2D eigenvalue weighted by Gasteiger charge is 2.31. The first-order chi connectivity index (χ1) is 8.46. The number of phenols is 1. The first-order valence-electron chi connectivity index (χ1n) is 5.01. The summed E-state index contributed by atoms with van der Waals surface area (Å²) >= 11 is 0. The van der Waals surface area contributed by atoms with Crippen LogP contribution in [0.5, 0.6) is 11.5 Å². The van der Waals surface area contributed by atoms with Gasteiger partial charge >= 0.3 is 6.36 Å². The summed E-state index contributed by atoms with van der Waals surface area (Å²) in [6.07, 6.45) is -4.74. The van der Waals surface area contributed by atoms with E-state index in [1.807, 2.05) is 0 Å². The van der Waals surface area contributed by atoms with Crippen LogP contribution in [0.25, 0.3) is 11.1 Å². The highest BCUT2D eigenvalue weighted by atomic mass is 19.4. The van der Waals surface area contributed by atoms with Crippen molar-refractivity contribution >= 4 is 0 Å². The molecule has 5 heteroatoms. The minimum atomic E-state index is -4.74. The molecule has 1 N–H and O–H groups in total. The molecule has 0 heterocycles. The molecule has 0 atom stereocenters. The van der Waals surface area contributed by atoms with Crippen LogP contribution in [0.15, 0.2) is 42.5 Å². The average Bonchev–Trinajstić information content (AvgIpc) is 2.27. The van der Waals surface area contributed by atoms with Gasteiger partial charge in [-0.25, -0.2) is 0 Å². The summed E-state index contributed by atoms with van der Waals surface area (Å²) in [5.74, 6) is -0.390. The van der Waals surface area contributed by atoms with Crippen LogP contribution in [0.2, 0.25) is 0 Å². The highest BCUT2D eigenvalue weighted by Crippen LogP contribution is 2.32. The topological polar surface area (TPSA) is 29.5 Å². The minimum absolute atomic E-state index is 0.0540. The largest absolute Gasteiger partial charge is 0.573 e. The highest BCUT2D eigenvalue weighted by molar-refractivity contribution is 5.70. The molecular formula is C13H8F3O2. The number of hydrogen-bond acceptors (Lipinski definition) is 2. The van der Waals surface area contributed by atoms with E-state index in [9.17, 15) is 18.3 Å². The number of halogens is 3. The van der Waals surface area contributed by atoms with Gasteiger partial charge in [-0.2, -0.15) is 0 Å². The van der Waals surface area contributed by atoms with Crippen LogP contribution in [-0.4, -0.2) is 11.5 Å². The number of rotatable bonds is 2. The molecule has 0 saturated carbocycles. The third kappa shape index (κ3) is 2.94. The molecule has 1 radical (unpaired) electrons. The Bertz CT molecular complexity index is 550. The van der Waals surface area contributed by atoms with Crippen molar-refractivity contribution in [1.82, 2.24) is 0 Å². The molecule has 2 nitrogen and oxygen atoms in total. The standard InChI is InChI=1S/C13H8F3O2/c14-13(15,16)18-10-5-3-4-9(8-10)11-6-1-2-7-12(11)17/h1-5,7-8,17H. The zero-order valence-electron chi connectivity index (χ0n) is 9.03. The predicted molar refractivity (Wildman–Crippen MR) is 59.1 cm³/mol. The van der Waals surface area contributed by atoms with E-state index >= 15 is 0 Å². The van der Waals surface area contributed by atoms with Gasteiger partial charge in [-0.1, -0.05) is 24.3 Å². The third-order valence-corrected chi connectivity index (χ3v) is 2.19. The van der Waals surface area contributed by atoms with Gasteiger partial charge in [-0.05, 0) is 29.8 Å². The number of hydrogen-bond donors (Lipinski definition) is 1. The van der Waals surface area contributed by atoms with Gasteiger partial charge in [-0.15, -0.1) is 13.2 Å². The van der Waals surface area contributed by atoms with E-state index in [0.29, 0.717) is 11.1 Å². The second-order valence-electron chi connectivity index (χ2n) is 3.51. The SMILES string of the molecule is Oc1ccc[c]c1-c1cccc(OC(F)(F)F)c1. The zero-order chi connectivity index (χ0) is 13.2. The lowest BCUT2D eigenvalue weighted by atomic mass is 10.0. The lowest BCUT2D eigenvalue weighted by Gasteiger charge is -2.10. The molecule has 0 amide bonds. The first kappa shape index (κ1) is 12.3. The van der Waals surface area contributed by atoms with Crippen LogP contribution in [0, 0.1) is 6.07 Å². The fourth-order valence-corrected chi connectivity index (χ4v) is 1.51. The second-order valence-corrected chi connectivity index (χ2v) is 3.51. The second kappa shape index (κ2) is 4.60. The minimum Gasteiger partial charge on any atom is -0.507 e. The maximum absolute atomic E-state index is 12.1. The van der Waals surface area contributed by atoms with Gasteiger partial charge in [-0.3, -0.25) is 0 Å². The average molecular weight is 253 g/mol. The molecule has 0 aromatic heterocycles. The molecule has 2 aromatic carbocycles. The normalized spacial score (nSPS) is 11.3. The van der Waals surface area contributed by atoms with Gasteiger partial charge in [0, 0.05) is 5.56 Å². The molecule has 0 aliphatic rings. The van der Waals surface area contributed by atoms with Gasteiger partial charge in [0.15, 0.2) is 0 Å². The molecule has 0 aliphatic heterocycles. The molecule has 93 valence electrons. The monoisotopic (exact) mass is 253 g/mol. The maximum atomic E-state index is 12.1. The zero-order valence-corrected chi connectivity index (χ0v) is 9.03. The van der Waals surface area contributed by atoms with Crippen LogP contribution in [0.3, 0.4) is 0 Å². The smallest absolute Gasteiger partial charge is 0.507 e. The molecule has 2 rings (SSSR count). The van der Waals surface area contributed by atoms with E-state index in [1.165, 1.54) is 24.3 Å². The number of benzene rings is 2. The van der Waals surface area contributed by atoms with Crippen molar-refractivity contribution in [2.45, 2.75) is 6.36 Å². The Morgan fingerprint density at radius 1 is 1.11 bits per heavy atom. The van der Waals surface area contributed by atoms with Crippen molar-refractivity contribution in [2.75, 3.05) is 0 Å². The van der Waals surface area contributed by atoms with Gasteiger partial charge in [0.05, 0.1) is 0 Å². The van der Waals surface area contributed by atoms with Crippen LogP contribution >= 0.6 is 0 Å². The first-order valence-corrected chi connectivity index (χ1v) is 5.01. The number of phenolic OH excluding ortho intramolecular Hbond substituents is 1. The Kier molecular flexibility index (Phi) is 3.14. The van der Waals surface area contributed by atoms with Crippen molar-refractivity contribution < 1.29 is 23.0 Å². The van der Waals surface area contributed by atoms with E-state index in [0.717, 1.165) is 0 Å². The van der Waals surface area contributed by atoms with E-state index in [2.05, 4.69) is 10.8 Å². The summed E-state index contributed by atoms with van der Waals surface area (Å²) in [4.78, 5) is 0. The maximum Gasteiger partial charge on any atom is 0.573 e. The van der Waals surface area contributed by atoms with Gasteiger partial charge in [0.25, 0.3) is 0 Å². The van der Waals surface area contributed by atoms with E-state index in [-0.39, 0.29) is 11.5 Å². The van der Waals surface area contributed by atoms with Gasteiger partial charge < -0.3 is 9.84 Å². The Balaban J connectivity index is 2.36. The molecule has 0 fully saturated rings. The summed E-state index contributed by atoms with van der Waals surface area (Å²) in [6.45, 7) is 0. The Hall–Kier alpha value is -2.17. The molecule has 0 saturated heterocycles. The lowest BCUT2D eigenvalue weighted by Crippen LogP contribution is -2.17. The van der Waals surface area contributed by atoms with E-state index in [4.69, 9.17) is 0 Å². The molecular weight excluding hydrogens is 245 g/mol. The molecule has 0 aliphatic carbocycles. The molecule has 0 unspecified atom stereocenters. The van der Waals surface area contributed by atoms with Gasteiger partial charge in [0.2, 0.25) is 0 Å². The quantitative estimate of drug-likeness (QED) is 0.883. The lowest BCUT2D eigenvalue weighted by molar-refractivity contribution is -0.274. The van der Waals surface area contributed by atoms with Crippen molar-refractivity contribution in [3.05, 3.63) is 48.5 Å². The molecule has 0 bridgehead atoms. The molecule has 2 aromatic rings. The number of alkyl halides is 3. The summed E-state index contributed by atoms with van der Waals surface area (Å²) in [5.41, 5.74) is 0.722. The predicted octanol–water partition coefficient (Wildman–Crippen LogP) is 3.76. The fraction of sp³-hybridized carbons (Fsp3) is 0.0769. The van der Waals surface area contributed by atoms with Crippen molar-refractivity contribution in [2.24, 2.45) is 0 Å². The van der Waals surface area contributed by atoms with E-state index in [1.54, 1.807) is 18.2 Å². The fourth-order valence-electron chi connectivity index (χ4n) is 1.51. The van der Waals surface area contributed by atoms with Crippen LogP contribution in [-0.2, 0) is 0 Å². The van der Waals surface area contributed by atoms with Crippen LogP contribution in [0.4, 0.5) is 13.2 Å². The van der Waals surface area contributed by atoms with Crippen LogP contribution in [0.1, 0.15) is 0 Å². The number of aromatic hydroxyl groups is 1. The summed E-state index contributed by atoms with van der Waals surface area (Å²) in [5, 5.41) is 9.59. The van der Waals surface area contributed by atoms with Crippen LogP contribution < -0.4 is 4.74 Å². The Morgan fingerprint density at radius 3 is 2.56 bits per heavy atom. The summed E-state index contributed by atoms with van der Waals surface area (Å²) in [7, 11) is 0. The Morgan fingerprint density at radius 2 is 1.89 bits per heavy atom. The van der Waals surface area contributed by atoms with Crippen molar-refractivity contribution in [1.29, 1.82) is 0 Å². The summed E-state index contributed by atoms with van der Waals surface area (Å²) in [6, 6.07) is 12.7. The van der Waals surface area contributed by atoms with Crippen molar-refractivity contribution in [3.63, 3.8) is 0 Å². The number of ether oxygens (including phenoxy) is 1. The molecule has 0 spiro atoms. The Labute approximate surface area is 101 Å². The summed E-state index contributed by atoms with van der Waals surface area (Å²) < 4.78 is 40.0. The van der Waals surface area contributed by atoms with Crippen molar-refractivity contribution in [3.8, 4) is 22.6 Å². The third-order valence-electron chi connectivity index (χ3n) is 2.19. The van der Waals surface area contributed by atoms with E-state index < -0.39 is 6.36 Å².